The van der Waals surface area contributed by atoms with Gasteiger partial charge in [0.25, 0.3) is 5.91 Å². The van der Waals surface area contributed by atoms with Crippen molar-refractivity contribution in [2.24, 2.45) is 5.73 Å². The zero-order valence-electron chi connectivity index (χ0n) is 10.5. The lowest BCUT2D eigenvalue weighted by Crippen LogP contribution is -2.33. The van der Waals surface area contributed by atoms with E-state index in [-0.39, 0.29) is 11.5 Å². The van der Waals surface area contributed by atoms with Gasteiger partial charge in [-0.3, -0.25) is 4.79 Å². The predicted octanol–water partition coefficient (Wildman–Crippen LogP) is 2.17. The molecular weight excluding hydrogens is 238 g/mol. The Morgan fingerprint density at radius 2 is 2.00 bits per heavy atom. The van der Waals surface area contributed by atoms with Crippen LogP contribution in [0.15, 0.2) is 18.2 Å². The van der Waals surface area contributed by atoms with Crippen LogP contribution in [0.1, 0.15) is 30.1 Å². The summed E-state index contributed by atoms with van der Waals surface area (Å²) < 4.78 is 25.9. The number of halogens is 2. The van der Waals surface area contributed by atoms with Gasteiger partial charge in [-0.1, -0.05) is 6.92 Å². The molecule has 0 unspecified atom stereocenters. The largest absolute Gasteiger partial charge is 0.339 e. The van der Waals surface area contributed by atoms with E-state index in [4.69, 9.17) is 5.73 Å². The highest BCUT2D eigenvalue weighted by atomic mass is 19.2. The molecule has 0 bridgehead atoms. The number of hydrogen-bond donors (Lipinski definition) is 1. The molecule has 1 rings (SSSR count). The van der Waals surface area contributed by atoms with Crippen LogP contribution in [0.25, 0.3) is 0 Å². The van der Waals surface area contributed by atoms with Crippen LogP contribution in [0.4, 0.5) is 8.78 Å². The molecule has 0 fully saturated rings. The highest BCUT2D eigenvalue weighted by Crippen LogP contribution is 2.11. The van der Waals surface area contributed by atoms with Crippen LogP contribution in [0, 0.1) is 11.6 Å². The molecular formula is C13H18F2N2O. The molecule has 0 aliphatic carbocycles. The van der Waals surface area contributed by atoms with E-state index < -0.39 is 11.6 Å². The first-order chi connectivity index (χ1) is 8.60. The van der Waals surface area contributed by atoms with Gasteiger partial charge in [0.1, 0.15) is 0 Å². The van der Waals surface area contributed by atoms with Gasteiger partial charge in [0.2, 0.25) is 0 Å². The molecule has 0 aliphatic rings. The van der Waals surface area contributed by atoms with Crippen LogP contribution in [0.3, 0.4) is 0 Å². The van der Waals surface area contributed by atoms with Crippen molar-refractivity contribution in [2.45, 2.75) is 19.8 Å². The first-order valence-corrected chi connectivity index (χ1v) is 6.04. The van der Waals surface area contributed by atoms with E-state index in [0.717, 1.165) is 18.6 Å². The monoisotopic (exact) mass is 256 g/mol. The third-order valence-electron chi connectivity index (χ3n) is 2.58. The van der Waals surface area contributed by atoms with E-state index in [0.29, 0.717) is 26.1 Å². The number of amides is 1. The van der Waals surface area contributed by atoms with Gasteiger partial charge in [0, 0.05) is 18.7 Å². The van der Waals surface area contributed by atoms with Crippen LogP contribution in [0.5, 0.6) is 0 Å². The first-order valence-electron chi connectivity index (χ1n) is 6.04. The molecule has 0 radical (unpaired) electrons. The standard InChI is InChI=1S/C13H18F2N2O/c1-2-7-17(8-3-6-16)13(18)10-4-5-11(14)12(15)9-10/h4-5,9H,2-3,6-8,16H2,1H3. The van der Waals surface area contributed by atoms with Crippen molar-refractivity contribution in [3.63, 3.8) is 0 Å². The van der Waals surface area contributed by atoms with Crippen LogP contribution < -0.4 is 5.73 Å². The molecule has 0 saturated heterocycles. The molecule has 0 aliphatic heterocycles. The Morgan fingerprint density at radius 3 is 2.56 bits per heavy atom. The zero-order valence-corrected chi connectivity index (χ0v) is 10.5. The summed E-state index contributed by atoms with van der Waals surface area (Å²) in [5.74, 6) is -2.24. The van der Waals surface area contributed by atoms with Crippen molar-refractivity contribution in [1.82, 2.24) is 4.90 Å². The van der Waals surface area contributed by atoms with E-state index in [1.165, 1.54) is 6.07 Å². The summed E-state index contributed by atoms with van der Waals surface area (Å²) >= 11 is 0. The Bertz CT molecular complexity index is 410. The lowest BCUT2D eigenvalue weighted by Gasteiger charge is -2.22. The van der Waals surface area contributed by atoms with Gasteiger partial charge in [-0.15, -0.1) is 0 Å². The van der Waals surface area contributed by atoms with Crippen molar-refractivity contribution in [2.75, 3.05) is 19.6 Å². The van der Waals surface area contributed by atoms with E-state index in [2.05, 4.69) is 0 Å². The number of carbonyl (C=O) groups is 1. The van der Waals surface area contributed by atoms with E-state index in [9.17, 15) is 13.6 Å². The number of rotatable bonds is 6. The average Bonchev–Trinajstić information content (AvgIpc) is 2.37. The van der Waals surface area contributed by atoms with Crippen molar-refractivity contribution in [3.05, 3.63) is 35.4 Å². The number of hydrogen-bond acceptors (Lipinski definition) is 2. The SMILES string of the molecule is CCCN(CCCN)C(=O)c1ccc(F)c(F)c1. The van der Waals surface area contributed by atoms with Gasteiger partial charge in [0.15, 0.2) is 11.6 Å². The lowest BCUT2D eigenvalue weighted by molar-refractivity contribution is 0.0754. The molecule has 2 N–H and O–H groups in total. The molecule has 18 heavy (non-hydrogen) atoms. The molecule has 0 atom stereocenters. The number of nitrogens with zero attached hydrogens (tertiary/aromatic N) is 1. The summed E-state index contributed by atoms with van der Waals surface area (Å²) in [6.45, 7) is 3.55. The molecule has 1 amide bonds. The smallest absolute Gasteiger partial charge is 0.253 e. The van der Waals surface area contributed by atoms with Crippen molar-refractivity contribution in [1.29, 1.82) is 0 Å². The van der Waals surface area contributed by atoms with Crippen LogP contribution in [0.2, 0.25) is 0 Å². The quantitative estimate of drug-likeness (QED) is 0.847. The minimum atomic E-state index is -1.00. The molecule has 100 valence electrons. The van der Waals surface area contributed by atoms with Crippen molar-refractivity contribution >= 4 is 5.91 Å². The summed E-state index contributed by atoms with van der Waals surface area (Å²) in [7, 11) is 0. The molecule has 1 aromatic rings. The predicted molar refractivity (Wildman–Crippen MR) is 66.2 cm³/mol. The van der Waals surface area contributed by atoms with Gasteiger partial charge in [-0.25, -0.2) is 8.78 Å². The fourth-order valence-electron chi connectivity index (χ4n) is 1.68. The molecule has 5 heteroatoms. The Hall–Kier alpha value is -1.49. The Morgan fingerprint density at radius 1 is 1.28 bits per heavy atom. The van der Waals surface area contributed by atoms with E-state index in [1.54, 1.807) is 4.90 Å². The van der Waals surface area contributed by atoms with Gasteiger partial charge in [-0.2, -0.15) is 0 Å². The molecule has 0 aromatic heterocycles. The van der Waals surface area contributed by atoms with Gasteiger partial charge < -0.3 is 10.6 Å². The minimum absolute atomic E-state index is 0.166. The first kappa shape index (κ1) is 14.6. The highest BCUT2D eigenvalue weighted by molar-refractivity contribution is 5.94. The maximum absolute atomic E-state index is 13.1. The maximum Gasteiger partial charge on any atom is 0.253 e. The molecule has 0 spiro atoms. The number of nitrogens with two attached hydrogens (primary N) is 1. The van der Waals surface area contributed by atoms with Crippen LogP contribution in [-0.4, -0.2) is 30.4 Å². The topological polar surface area (TPSA) is 46.3 Å². The number of benzene rings is 1. The van der Waals surface area contributed by atoms with Crippen molar-refractivity contribution in [3.8, 4) is 0 Å². The third-order valence-corrected chi connectivity index (χ3v) is 2.58. The molecule has 0 saturated carbocycles. The molecule has 3 nitrogen and oxygen atoms in total. The second kappa shape index (κ2) is 7.06. The fraction of sp³-hybridized carbons (Fsp3) is 0.462. The van der Waals surface area contributed by atoms with Gasteiger partial charge in [0.05, 0.1) is 0 Å². The van der Waals surface area contributed by atoms with E-state index >= 15 is 0 Å². The highest BCUT2D eigenvalue weighted by Gasteiger charge is 2.16. The third kappa shape index (κ3) is 3.77. The summed E-state index contributed by atoms with van der Waals surface area (Å²) in [5.41, 5.74) is 5.57. The second-order valence-corrected chi connectivity index (χ2v) is 4.06. The van der Waals surface area contributed by atoms with Gasteiger partial charge >= 0.3 is 0 Å². The minimum Gasteiger partial charge on any atom is -0.339 e. The summed E-state index contributed by atoms with van der Waals surface area (Å²) in [6, 6.07) is 3.20. The second-order valence-electron chi connectivity index (χ2n) is 4.06. The maximum atomic E-state index is 13.1. The summed E-state index contributed by atoms with van der Waals surface area (Å²) in [4.78, 5) is 13.7. The Labute approximate surface area is 106 Å². The van der Waals surface area contributed by atoms with Crippen LogP contribution >= 0.6 is 0 Å². The zero-order chi connectivity index (χ0) is 13.5. The number of carbonyl (C=O) groups excluding carboxylic acids is 1. The Balaban J connectivity index is 2.83. The average molecular weight is 256 g/mol. The summed E-state index contributed by atoms with van der Waals surface area (Å²) in [5, 5.41) is 0. The molecule has 1 aromatic carbocycles. The van der Waals surface area contributed by atoms with Crippen LogP contribution in [-0.2, 0) is 0 Å². The Kier molecular flexibility index (Phi) is 5.71. The van der Waals surface area contributed by atoms with Gasteiger partial charge in [-0.05, 0) is 37.6 Å². The normalized spacial score (nSPS) is 10.4. The fourth-order valence-corrected chi connectivity index (χ4v) is 1.68. The van der Waals surface area contributed by atoms with Crippen molar-refractivity contribution < 1.29 is 13.6 Å². The summed E-state index contributed by atoms with van der Waals surface area (Å²) in [6.07, 6.45) is 1.50. The van der Waals surface area contributed by atoms with E-state index in [1.807, 2.05) is 6.92 Å². The lowest BCUT2D eigenvalue weighted by atomic mass is 10.1. The molecule has 0 heterocycles.